The predicted molar refractivity (Wildman–Crippen MR) is 75.4 cm³/mol. The van der Waals surface area contributed by atoms with Crippen LogP contribution in [0.15, 0.2) is 28.6 Å². The van der Waals surface area contributed by atoms with Gasteiger partial charge in [-0.05, 0) is 24.8 Å². The van der Waals surface area contributed by atoms with E-state index in [1.165, 1.54) is 10.9 Å². The average Bonchev–Trinajstić information content (AvgIpc) is 2.87. The quantitative estimate of drug-likeness (QED) is 0.861. The first kappa shape index (κ1) is 14.0. The van der Waals surface area contributed by atoms with E-state index in [1.54, 1.807) is 18.4 Å². The molecule has 0 aromatic carbocycles. The van der Waals surface area contributed by atoms with Crippen LogP contribution < -0.4 is 10.5 Å². The fourth-order valence-corrected chi connectivity index (χ4v) is 3.97. The number of thiophene rings is 1. The van der Waals surface area contributed by atoms with E-state index in [-0.39, 0.29) is 16.8 Å². The maximum atomic E-state index is 12.2. The molecule has 8 heteroatoms. The smallest absolute Gasteiger partial charge is 0.246 e. The Bertz CT molecular complexity index is 646. The first-order chi connectivity index (χ1) is 8.88. The largest absolute Gasteiger partial charge is 0.381 e. The molecule has 2 heterocycles. The molecular weight excluding hydrogens is 284 g/mol. The van der Waals surface area contributed by atoms with Gasteiger partial charge in [-0.15, -0.1) is 11.3 Å². The van der Waals surface area contributed by atoms with E-state index >= 15 is 0 Å². The van der Waals surface area contributed by atoms with Gasteiger partial charge in [0.05, 0.1) is 0 Å². The van der Waals surface area contributed by atoms with Crippen LogP contribution in [-0.2, 0) is 23.5 Å². The number of hydrogen-bond donors (Lipinski definition) is 2. The molecule has 0 radical (unpaired) electrons. The van der Waals surface area contributed by atoms with Crippen molar-refractivity contribution in [2.45, 2.75) is 24.3 Å². The zero-order valence-corrected chi connectivity index (χ0v) is 12.3. The highest BCUT2D eigenvalue weighted by atomic mass is 32.2. The second-order valence-electron chi connectivity index (χ2n) is 4.36. The molecule has 19 heavy (non-hydrogen) atoms. The lowest BCUT2D eigenvalue weighted by Gasteiger charge is -2.12. The molecule has 1 unspecified atom stereocenters. The highest BCUT2D eigenvalue weighted by molar-refractivity contribution is 7.89. The molecule has 0 saturated carbocycles. The van der Waals surface area contributed by atoms with Gasteiger partial charge in [0, 0.05) is 24.2 Å². The van der Waals surface area contributed by atoms with E-state index in [2.05, 4.69) is 9.82 Å². The molecule has 0 aliphatic carbocycles. The Morgan fingerprint density at radius 3 is 2.84 bits per heavy atom. The molecule has 0 bridgehead atoms. The molecule has 0 aliphatic heterocycles. The fourth-order valence-electron chi connectivity index (χ4n) is 1.79. The summed E-state index contributed by atoms with van der Waals surface area (Å²) in [5.41, 5.74) is 5.59. The van der Waals surface area contributed by atoms with E-state index in [0.717, 1.165) is 4.88 Å². The standard InChI is InChI=1S/C11H16N4O2S2/c1-8(6-9-4-3-5-18-9)14-19(16,17)10-7-15(2)13-11(10)12/h3-5,7-8,14H,6H2,1-2H3,(H2,12,13). The summed E-state index contributed by atoms with van der Waals surface area (Å²) >= 11 is 1.60. The van der Waals surface area contributed by atoms with Crippen LogP contribution in [0.25, 0.3) is 0 Å². The van der Waals surface area contributed by atoms with Crippen LogP contribution in [0.2, 0.25) is 0 Å². The lowest BCUT2D eigenvalue weighted by Crippen LogP contribution is -2.34. The van der Waals surface area contributed by atoms with E-state index in [9.17, 15) is 8.42 Å². The number of nitrogen functional groups attached to an aromatic ring is 1. The Labute approximate surface area is 116 Å². The maximum Gasteiger partial charge on any atom is 0.246 e. The molecule has 0 spiro atoms. The van der Waals surface area contributed by atoms with Gasteiger partial charge in [0.2, 0.25) is 10.0 Å². The van der Waals surface area contributed by atoms with Crippen molar-refractivity contribution in [1.82, 2.24) is 14.5 Å². The van der Waals surface area contributed by atoms with Gasteiger partial charge < -0.3 is 5.73 Å². The number of rotatable bonds is 5. The minimum absolute atomic E-state index is 0.0123. The summed E-state index contributed by atoms with van der Waals surface area (Å²) in [6.45, 7) is 1.82. The highest BCUT2D eigenvalue weighted by Crippen LogP contribution is 2.17. The summed E-state index contributed by atoms with van der Waals surface area (Å²) in [4.78, 5) is 1.15. The molecule has 0 amide bonds. The van der Waals surface area contributed by atoms with Crippen molar-refractivity contribution in [2.24, 2.45) is 7.05 Å². The summed E-state index contributed by atoms with van der Waals surface area (Å²) < 4.78 is 28.3. The third-order valence-electron chi connectivity index (χ3n) is 2.56. The molecule has 0 fully saturated rings. The number of aryl methyl sites for hydroxylation is 1. The van der Waals surface area contributed by atoms with Crippen LogP contribution in [-0.4, -0.2) is 24.2 Å². The molecule has 1 atom stereocenters. The van der Waals surface area contributed by atoms with Crippen molar-refractivity contribution < 1.29 is 8.42 Å². The van der Waals surface area contributed by atoms with Crippen LogP contribution in [0.3, 0.4) is 0 Å². The van der Waals surface area contributed by atoms with Gasteiger partial charge in [-0.2, -0.15) is 5.10 Å². The van der Waals surface area contributed by atoms with Gasteiger partial charge >= 0.3 is 0 Å². The van der Waals surface area contributed by atoms with E-state index in [1.807, 2.05) is 24.4 Å². The molecule has 2 rings (SSSR count). The van der Waals surface area contributed by atoms with Gasteiger partial charge in [-0.25, -0.2) is 13.1 Å². The molecule has 0 saturated heterocycles. The van der Waals surface area contributed by atoms with Crippen LogP contribution in [0.4, 0.5) is 5.82 Å². The number of sulfonamides is 1. The Hall–Kier alpha value is -1.38. The zero-order valence-electron chi connectivity index (χ0n) is 10.7. The van der Waals surface area contributed by atoms with Crippen molar-refractivity contribution in [3.63, 3.8) is 0 Å². The van der Waals surface area contributed by atoms with E-state index < -0.39 is 10.0 Å². The minimum atomic E-state index is -3.63. The summed E-state index contributed by atoms with van der Waals surface area (Å²) in [5.74, 6) is 0.0123. The predicted octanol–water partition coefficient (Wildman–Crippen LogP) is 0.973. The summed E-state index contributed by atoms with van der Waals surface area (Å²) in [6.07, 6.45) is 2.05. The third-order valence-corrected chi connectivity index (χ3v) is 5.06. The second-order valence-corrected chi connectivity index (χ2v) is 7.07. The van der Waals surface area contributed by atoms with Crippen molar-refractivity contribution in [3.8, 4) is 0 Å². The van der Waals surface area contributed by atoms with Gasteiger partial charge in [-0.1, -0.05) is 6.07 Å². The number of nitrogens with two attached hydrogens (primary N) is 1. The van der Waals surface area contributed by atoms with Gasteiger partial charge in [0.15, 0.2) is 5.82 Å². The first-order valence-corrected chi connectivity index (χ1v) is 8.08. The lowest BCUT2D eigenvalue weighted by atomic mass is 10.2. The van der Waals surface area contributed by atoms with Gasteiger partial charge in [0.1, 0.15) is 4.90 Å². The normalized spacial score (nSPS) is 13.6. The Kier molecular flexibility index (Phi) is 3.93. The summed E-state index contributed by atoms with van der Waals surface area (Å²) in [7, 11) is -2.00. The zero-order chi connectivity index (χ0) is 14.0. The lowest BCUT2D eigenvalue weighted by molar-refractivity contribution is 0.561. The van der Waals surface area contributed by atoms with Crippen molar-refractivity contribution >= 4 is 27.2 Å². The third kappa shape index (κ3) is 3.34. The molecule has 6 nitrogen and oxygen atoms in total. The Morgan fingerprint density at radius 1 is 1.58 bits per heavy atom. The molecule has 0 aliphatic rings. The maximum absolute atomic E-state index is 12.2. The number of aromatic nitrogens is 2. The summed E-state index contributed by atoms with van der Waals surface area (Å²) in [5, 5.41) is 5.81. The average molecular weight is 300 g/mol. The molecule has 2 aromatic rings. The monoisotopic (exact) mass is 300 g/mol. The number of hydrogen-bond acceptors (Lipinski definition) is 5. The highest BCUT2D eigenvalue weighted by Gasteiger charge is 2.22. The van der Waals surface area contributed by atoms with Crippen molar-refractivity contribution in [2.75, 3.05) is 5.73 Å². The van der Waals surface area contributed by atoms with Gasteiger partial charge in [-0.3, -0.25) is 4.68 Å². The second kappa shape index (κ2) is 5.32. The Balaban J connectivity index is 2.11. The van der Waals surface area contributed by atoms with E-state index in [0.29, 0.717) is 6.42 Å². The Morgan fingerprint density at radius 2 is 2.32 bits per heavy atom. The van der Waals surface area contributed by atoms with Crippen LogP contribution in [0, 0.1) is 0 Å². The molecule has 3 N–H and O–H groups in total. The topological polar surface area (TPSA) is 90.0 Å². The molecule has 2 aromatic heterocycles. The van der Waals surface area contributed by atoms with E-state index in [4.69, 9.17) is 5.73 Å². The van der Waals surface area contributed by atoms with Crippen molar-refractivity contribution in [1.29, 1.82) is 0 Å². The van der Waals surface area contributed by atoms with Crippen LogP contribution >= 0.6 is 11.3 Å². The van der Waals surface area contributed by atoms with Gasteiger partial charge in [0.25, 0.3) is 0 Å². The SMILES string of the molecule is CC(Cc1cccs1)NS(=O)(=O)c1cn(C)nc1N. The number of anilines is 1. The summed E-state index contributed by atoms with van der Waals surface area (Å²) in [6, 6.07) is 3.72. The number of nitrogens with one attached hydrogen (secondary N) is 1. The molecular formula is C11H16N4O2S2. The van der Waals surface area contributed by atoms with Crippen LogP contribution in [0.1, 0.15) is 11.8 Å². The molecule has 104 valence electrons. The van der Waals surface area contributed by atoms with Crippen molar-refractivity contribution in [3.05, 3.63) is 28.6 Å². The number of nitrogens with zero attached hydrogens (tertiary/aromatic N) is 2. The fraction of sp³-hybridized carbons (Fsp3) is 0.364. The van der Waals surface area contributed by atoms with Crippen LogP contribution in [0.5, 0.6) is 0 Å². The first-order valence-electron chi connectivity index (χ1n) is 5.72. The minimum Gasteiger partial charge on any atom is -0.381 e.